The van der Waals surface area contributed by atoms with Crippen LogP contribution in [0.5, 0.6) is 11.5 Å². The van der Waals surface area contributed by atoms with Gasteiger partial charge in [0.2, 0.25) is 0 Å². The molecule has 1 amide bonds. The van der Waals surface area contributed by atoms with Gasteiger partial charge in [-0.3, -0.25) is 4.79 Å². The smallest absolute Gasteiger partial charge is 0.331 e. The van der Waals surface area contributed by atoms with Gasteiger partial charge in [0.1, 0.15) is 6.07 Å². The van der Waals surface area contributed by atoms with E-state index in [0.29, 0.717) is 27.6 Å². The van der Waals surface area contributed by atoms with Crippen LogP contribution in [0.4, 0.5) is 5.82 Å². The molecule has 0 unspecified atom stereocenters. The number of anilines is 1. The Balaban J connectivity index is 1.91. The predicted octanol–water partition coefficient (Wildman–Crippen LogP) is 3.80. The van der Waals surface area contributed by atoms with Crippen molar-refractivity contribution >= 4 is 47.0 Å². The minimum atomic E-state index is -0.722. The van der Waals surface area contributed by atoms with E-state index < -0.39 is 18.5 Å². The van der Waals surface area contributed by atoms with Gasteiger partial charge in [-0.05, 0) is 36.3 Å². The molecule has 0 radical (unpaired) electrons. The summed E-state index contributed by atoms with van der Waals surface area (Å²) in [5.41, 5.74) is 1.20. The van der Waals surface area contributed by atoms with Crippen LogP contribution >= 0.6 is 23.2 Å². The van der Waals surface area contributed by atoms with E-state index in [1.165, 1.54) is 19.4 Å². The van der Waals surface area contributed by atoms with Crippen molar-refractivity contribution < 1.29 is 23.8 Å². The highest BCUT2D eigenvalue weighted by molar-refractivity contribution is 6.37. The molecule has 0 bridgehead atoms. The molecule has 0 aliphatic rings. The van der Waals surface area contributed by atoms with Gasteiger partial charge in [-0.25, -0.2) is 9.78 Å². The van der Waals surface area contributed by atoms with Gasteiger partial charge < -0.3 is 19.5 Å². The summed E-state index contributed by atoms with van der Waals surface area (Å²) in [5, 5.41) is 11.6. The van der Waals surface area contributed by atoms with Gasteiger partial charge >= 0.3 is 5.97 Å². The highest BCUT2D eigenvalue weighted by Crippen LogP contribution is 2.29. The molecule has 30 heavy (non-hydrogen) atoms. The summed E-state index contributed by atoms with van der Waals surface area (Å²) in [6.07, 6.45) is 4.01. The zero-order valence-electron chi connectivity index (χ0n) is 16.1. The van der Waals surface area contributed by atoms with Crippen LogP contribution in [0.2, 0.25) is 10.0 Å². The molecule has 2 rings (SSSR count). The second-order valence-electron chi connectivity index (χ2n) is 5.74. The number of hydrogen-bond acceptors (Lipinski definition) is 7. The summed E-state index contributed by atoms with van der Waals surface area (Å²) in [6, 6.07) is 6.77. The number of carbonyl (C=O) groups excluding carboxylic acids is 2. The fourth-order valence-corrected chi connectivity index (χ4v) is 2.57. The number of hydrogen-bond donors (Lipinski definition) is 1. The lowest BCUT2D eigenvalue weighted by molar-refractivity contribution is -0.142. The van der Waals surface area contributed by atoms with E-state index in [1.54, 1.807) is 25.1 Å². The summed E-state index contributed by atoms with van der Waals surface area (Å²) >= 11 is 12.0. The minimum Gasteiger partial charge on any atom is -0.493 e. The van der Waals surface area contributed by atoms with E-state index in [9.17, 15) is 9.59 Å². The maximum atomic E-state index is 11.9. The Bertz CT molecular complexity index is 1020. The molecular formula is C20H17Cl2N3O5. The van der Waals surface area contributed by atoms with Gasteiger partial charge in [-0.1, -0.05) is 29.3 Å². The number of nitriles is 1. The van der Waals surface area contributed by atoms with Crippen LogP contribution in [0.1, 0.15) is 11.1 Å². The Morgan fingerprint density at radius 3 is 2.77 bits per heavy atom. The van der Waals surface area contributed by atoms with Crippen LogP contribution in [-0.2, 0) is 14.3 Å². The molecule has 0 saturated carbocycles. The van der Waals surface area contributed by atoms with Crippen LogP contribution in [0.3, 0.4) is 0 Å². The number of nitrogens with zero attached hydrogens (tertiary/aromatic N) is 2. The van der Waals surface area contributed by atoms with Gasteiger partial charge in [0.05, 0.1) is 17.2 Å². The molecule has 0 fully saturated rings. The second kappa shape index (κ2) is 11.0. The number of pyridine rings is 1. The zero-order valence-corrected chi connectivity index (χ0v) is 17.6. The number of halogens is 2. The lowest BCUT2D eigenvalue weighted by Crippen LogP contribution is -2.21. The molecule has 0 aliphatic heterocycles. The lowest BCUT2D eigenvalue weighted by atomic mass is 10.2. The molecule has 1 aromatic carbocycles. The van der Waals surface area contributed by atoms with Crippen LogP contribution in [0.25, 0.3) is 6.08 Å². The molecule has 2 aromatic rings. The van der Waals surface area contributed by atoms with Crippen LogP contribution < -0.4 is 14.8 Å². The van der Waals surface area contributed by atoms with Crippen molar-refractivity contribution in [1.82, 2.24) is 4.98 Å². The number of benzene rings is 1. The average molecular weight is 450 g/mol. The molecule has 1 heterocycles. The van der Waals surface area contributed by atoms with Crippen molar-refractivity contribution in [2.45, 2.75) is 6.92 Å². The molecular weight excluding hydrogens is 433 g/mol. The highest BCUT2D eigenvalue weighted by atomic mass is 35.5. The van der Waals surface area contributed by atoms with E-state index in [2.05, 4.69) is 10.3 Å². The Morgan fingerprint density at radius 2 is 2.07 bits per heavy atom. The minimum absolute atomic E-state index is 0.115. The van der Waals surface area contributed by atoms with Crippen molar-refractivity contribution in [2.75, 3.05) is 25.6 Å². The normalized spacial score (nSPS) is 10.4. The highest BCUT2D eigenvalue weighted by Gasteiger charge is 2.12. The van der Waals surface area contributed by atoms with Crippen LogP contribution in [0.15, 0.2) is 30.5 Å². The van der Waals surface area contributed by atoms with Gasteiger partial charge in [0.25, 0.3) is 5.91 Å². The van der Waals surface area contributed by atoms with Crippen LogP contribution in [-0.4, -0.2) is 37.2 Å². The molecule has 10 heteroatoms. The van der Waals surface area contributed by atoms with E-state index in [4.69, 9.17) is 42.7 Å². The Hall–Kier alpha value is -3.28. The summed E-state index contributed by atoms with van der Waals surface area (Å²) in [4.78, 5) is 27.7. The predicted molar refractivity (Wildman–Crippen MR) is 112 cm³/mol. The first kappa shape index (κ1) is 23.0. The summed E-state index contributed by atoms with van der Waals surface area (Å²) < 4.78 is 15.3. The third kappa shape index (κ3) is 6.37. The lowest BCUT2D eigenvalue weighted by Gasteiger charge is -2.09. The first-order valence-corrected chi connectivity index (χ1v) is 9.24. The fourth-order valence-electron chi connectivity index (χ4n) is 2.18. The second-order valence-corrected chi connectivity index (χ2v) is 6.53. The Morgan fingerprint density at radius 1 is 1.30 bits per heavy atom. The number of nitrogens with one attached hydrogen (secondary N) is 1. The molecule has 8 nitrogen and oxygen atoms in total. The zero-order chi connectivity index (χ0) is 22.1. The molecule has 1 aromatic heterocycles. The quantitative estimate of drug-likeness (QED) is 0.481. The van der Waals surface area contributed by atoms with Gasteiger partial charge in [0, 0.05) is 12.3 Å². The number of amides is 1. The van der Waals surface area contributed by atoms with Gasteiger partial charge in [-0.2, -0.15) is 5.26 Å². The monoisotopic (exact) mass is 449 g/mol. The average Bonchev–Trinajstić information content (AvgIpc) is 2.75. The third-order valence-corrected chi connectivity index (χ3v) is 4.54. The number of methoxy groups -OCH3 is 1. The van der Waals surface area contributed by atoms with Crippen LogP contribution in [0, 0.1) is 18.3 Å². The van der Waals surface area contributed by atoms with E-state index in [1.807, 2.05) is 6.07 Å². The summed E-state index contributed by atoms with van der Waals surface area (Å²) in [6.45, 7) is 1.05. The van der Waals surface area contributed by atoms with Crippen molar-refractivity contribution in [1.29, 1.82) is 5.26 Å². The molecule has 0 aliphatic carbocycles. The van der Waals surface area contributed by atoms with Gasteiger partial charge in [-0.15, -0.1) is 0 Å². The van der Waals surface area contributed by atoms with E-state index in [0.717, 1.165) is 6.08 Å². The number of carbonyl (C=O) groups is 2. The molecule has 0 atom stereocenters. The largest absolute Gasteiger partial charge is 0.493 e. The number of esters is 1. The first-order chi connectivity index (χ1) is 14.3. The van der Waals surface area contributed by atoms with Crippen molar-refractivity contribution in [3.8, 4) is 17.6 Å². The fraction of sp³-hybridized carbons (Fsp3) is 0.200. The number of aromatic nitrogens is 1. The molecule has 0 spiro atoms. The van der Waals surface area contributed by atoms with Crippen molar-refractivity contribution in [2.24, 2.45) is 0 Å². The summed E-state index contributed by atoms with van der Waals surface area (Å²) in [5.74, 6) is -0.391. The summed E-state index contributed by atoms with van der Waals surface area (Å²) in [7, 11) is 1.46. The molecule has 0 saturated heterocycles. The number of rotatable bonds is 8. The third-order valence-electron chi connectivity index (χ3n) is 3.70. The maximum absolute atomic E-state index is 11.9. The maximum Gasteiger partial charge on any atom is 0.331 e. The van der Waals surface area contributed by atoms with E-state index in [-0.39, 0.29) is 17.4 Å². The van der Waals surface area contributed by atoms with Crippen molar-refractivity contribution in [3.63, 3.8) is 0 Å². The van der Waals surface area contributed by atoms with Crippen molar-refractivity contribution in [3.05, 3.63) is 51.6 Å². The first-order valence-electron chi connectivity index (χ1n) is 8.48. The van der Waals surface area contributed by atoms with Gasteiger partial charge in [0.15, 0.2) is 30.5 Å². The SMILES string of the molecule is COc1cc(/C=C/C(=O)OCC(=O)Nc2ncc(Cl)c(C)c2Cl)ccc1OCC#N. The molecule has 1 N–H and O–H groups in total. The Labute approximate surface area is 183 Å². The van der Waals surface area contributed by atoms with E-state index >= 15 is 0 Å². The topological polar surface area (TPSA) is 111 Å². The molecule has 156 valence electrons. The Kier molecular flexibility index (Phi) is 8.47. The standard InChI is InChI=1S/C20H17Cl2N3O5/c1-12-14(21)10-24-20(19(12)22)25-17(26)11-30-18(27)6-4-13-3-5-15(29-8-7-23)16(9-13)28-2/h3-6,9-10H,8,11H2,1-2H3,(H,24,25,26)/b6-4+. The number of ether oxygens (including phenoxy) is 3.